The van der Waals surface area contributed by atoms with Crippen molar-refractivity contribution in [3.8, 4) is 0 Å². The SMILES string of the molecule is OCC12CC3CC(CC(C3)C1F)C2. The monoisotopic (exact) mass is 184 g/mol. The molecule has 74 valence electrons. The number of hydrogen-bond acceptors (Lipinski definition) is 1. The zero-order valence-corrected chi connectivity index (χ0v) is 7.88. The molecule has 0 aromatic carbocycles. The Bertz CT molecular complexity index is 214. The average Bonchev–Trinajstić information content (AvgIpc) is 2.12. The standard InChI is InChI=1S/C11H17FO/c12-10-9-2-7-1-8(3-9)5-11(10,4-7)6-13/h7-10,13H,1-6H2. The third-order valence-electron chi connectivity index (χ3n) is 4.64. The van der Waals surface area contributed by atoms with E-state index >= 15 is 0 Å². The van der Waals surface area contributed by atoms with E-state index < -0.39 is 6.17 Å². The Kier molecular flexibility index (Phi) is 1.56. The fraction of sp³-hybridized carbons (Fsp3) is 1.00. The fourth-order valence-electron chi connectivity index (χ4n) is 4.36. The maximum Gasteiger partial charge on any atom is 0.111 e. The number of hydrogen-bond donors (Lipinski definition) is 1. The average molecular weight is 184 g/mol. The number of aliphatic hydroxyl groups is 1. The first kappa shape index (κ1) is 8.22. The van der Waals surface area contributed by atoms with Crippen molar-refractivity contribution < 1.29 is 9.50 Å². The van der Waals surface area contributed by atoms with Gasteiger partial charge in [0.05, 0.1) is 6.61 Å². The van der Waals surface area contributed by atoms with E-state index in [-0.39, 0.29) is 12.0 Å². The first-order valence-electron chi connectivity index (χ1n) is 5.48. The highest BCUT2D eigenvalue weighted by Gasteiger charge is 2.57. The van der Waals surface area contributed by atoms with Crippen LogP contribution in [0.3, 0.4) is 0 Å². The summed E-state index contributed by atoms with van der Waals surface area (Å²) in [5.41, 5.74) is -0.311. The number of rotatable bonds is 1. The second-order valence-corrected chi connectivity index (χ2v) is 5.53. The molecule has 4 aliphatic carbocycles. The molecule has 0 amide bonds. The molecule has 4 bridgehead atoms. The molecule has 4 rings (SSSR count). The van der Waals surface area contributed by atoms with Gasteiger partial charge in [0.25, 0.3) is 0 Å². The minimum atomic E-state index is -0.703. The molecule has 0 aromatic rings. The van der Waals surface area contributed by atoms with E-state index in [0.717, 1.165) is 37.5 Å². The van der Waals surface area contributed by atoms with Gasteiger partial charge in [-0.05, 0) is 49.9 Å². The summed E-state index contributed by atoms with van der Waals surface area (Å²) in [4.78, 5) is 0. The molecular weight excluding hydrogens is 167 g/mol. The smallest absolute Gasteiger partial charge is 0.111 e. The third-order valence-corrected chi connectivity index (χ3v) is 4.64. The summed E-state index contributed by atoms with van der Waals surface area (Å²) in [7, 11) is 0. The molecule has 1 N–H and O–H groups in total. The summed E-state index contributed by atoms with van der Waals surface area (Å²) >= 11 is 0. The van der Waals surface area contributed by atoms with E-state index in [4.69, 9.17) is 0 Å². The molecule has 1 nitrogen and oxygen atoms in total. The predicted octanol–water partition coefficient (Wildman–Crippen LogP) is 2.14. The van der Waals surface area contributed by atoms with Crippen LogP contribution in [0.2, 0.25) is 0 Å². The van der Waals surface area contributed by atoms with Crippen LogP contribution in [-0.2, 0) is 0 Å². The van der Waals surface area contributed by atoms with Crippen molar-refractivity contribution in [2.75, 3.05) is 6.61 Å². The van der Waals surface area contributed by atoms with Crippen LogP contribution in [0.25, 0.3) is 0 Å². The van der Waals surface area contributed by atoms with Gasteiger partial charge in [-0.15, -0.1) is 0 Å². The lowest BCUT2D eigenvalue weighted by molar-refractivity contribution is -0.140. The molecule has 4 saturated carbocycles. The summed E-state index contributed by atoms with van der Waals surface area (Å²) in [6.45, 7) is 0.0810. The van der Waals surface area contributed by atoms with Crippen molar-refractivity contribution in [3.05, 3.63) is 0 Å². The quantitative estimate of drug-likeness (QED) is 0.662. The first-order chi connectivity index (χ1) is 6.23. The van der Waals surface area contributed by atoms with Gasteiger partial charge in [-0.1, -0.05) is 0 Å². The number of halogens is 1. The topological polar surface area (TPSA) is 20.2 Å². The van der Waals surface area contributed by atoms with Crippen molar-refractivity contribution >= 4 is 0 Å². The van der Waals surface area contributed by atoms with Crippen LogP contribution < -0.4 is 0 Å². The summed E-state index contributed by atoms with van der Waals surface area (Å²) < 4.78 is 14.0. The minimum absolute atomic E-state index is 0.0810. The van der Waals surface area contributed by atoms with Gasteiger partial charge in [-0.3, -0.25) is 0 Å². The fourth-order valence-corrected chi connectivity index (χ4v) is 4.36. The lowest BCUT2D eigenvalue weighted by Crippen LogP contribution is -2.55. The maximum atomic E-state index is 14.0. The van der Waals surface area contributed by atoms with Gasteiger partial charge in [0.15, 0.2) is 0 Å². The molecule has 0 aliphatic heterocycles. The molecule has 13 heavy (non-hydrogen) atoms. The van der Waals surface area contributed by atoms with Crippen LogP contribution in [0.15, 0.2) is 0 Å². The van der Waals surface area contributed by atoms with Gasteiger partial charge in [0.2, 0.25) is 0 Å². The minimum Gasteiger partial charge on any atom is -0.396 e. The zero-order chi connectivity index (χ0) is 9.05. The molecule has 2 heteroatoms. The van der Waals surface area contributed by atoms with Crippen molar-refractivity contribution in [2.24, 2.45) is 23.2 Å². The Morgan fingerprint density at radius 3 is 2.31 bits per heavy atom. The molecule has 4 fully saturated rings. The van der Waals surface area contributed by atoms with Crippen LogP contribution in [0.4, 0.5) is 4.39 Å². The van der Waals surface area contributed by atoms with Gasteiger partial charge >= 0.3 is 0 Å². The number of aliphatic hydroxyl groups excluding tert-OH is 1. The van der Waals surface area contributed by atoms with Crippen LogP contribution in [0.1, 0.15) is 32.1 Å². The van der Waals surface area contributed by atoms with Crippen LogP contribution in [0, 0.1) is 23.2 Å². The van der Waals surface area contributed by atoms with Crippen LogP contribution >= 0.6 is 0 Å². The van der Waals surface area contributed by atoms with Gasteiger partial charge in [0.1, 0.15) is 6.17 Å². The summed E-state index contributed by atoms with van der Waals surface area (Å²) in [6, 6.07) is 0. The van der Waals surface area contributed by atoms with E-state index in [1.54, 1.807) is 0 Å². The predicted molar refractivity (Wildman–Crippen MR) is 48.0 cm³/mol. The molecule has 3 unspecified atom stereocenters. The summed E-state index contributed by atoms with van der Waals surface area (Å²) in [5, 5.41) is 9.36. The number of alkyl halides is 1. The van der Waals surface area contributed by atoms with Crippen LogP contribution in [0.5, 0.6) is 0 Å². The van der Waals surface area contributed by atoms with E-state index in [9.17, 15) is 9.50 Å². The Labute approximate surface area is 78.3 Å². The zero-order valence-electron chi connectivity index (χ0n) is 7.88. The molecule has 3 atom stereocenters. The molecule has 0 heterocycles. The van der Waals surface area contributed by atoms with Crippen molar-refractivity contribution in [3.63, 3.8) is 0 Å². The second-order valence-electron chi connectivity index (χ2n) is 5.53. The molecule has 0 radical (unpaired) electrons. The first-order valence-corrected chi connectivity index (χ1v) is 5.48. The highest BCUT2D eigenvalue weighted by atomic mass is 19.1. The lowest BCUT2D eigenvalue weighted by Gasteiger charge is -2.57. The largest absolute Gasteiger partial charge is 0.396 e. The Morgan fingerprint density at radius 2 is 1.77 bits per heavy atom. The van der Waals surface area contributed by atoms with Gasteiger partial charge in [0, 0.05) is 5.41 Å². The lowest BCUT2D eigenvalue weighted by atomic mass is 9.49. The molecule has 4 aliphatic rings. The molecule has 0 aromatic heterocycles. The van der Waals surface area contributed by atoms with E-state index in [1.165, 1.54) is 6.42 Å². The van der Waals surface area contributed by atoms with Gasteiger partial charge < -0.3 is 5.11 Å². The van der Waals surface area contributed by atoms with Crippen molar-refractivity contribution in [1.82, 2.24) is 0 Å². The highest BCUT2D eigenvalue weighted by Crippen LogP contribution is 2.60. The second kappa shape index (κ2) is 2.47. The Hall–Kier alpha value is -0.110. The van der Waals surface area contributed by atoms with E-state index in [1.807, 2.05) is 0 Å². The van der Waals surface area contributed by atoms with E-state index in [2.05, 4.69) is 0 Å². The van der Waals surface area contributed by atoms with Gasteiger partial charge in [-0.2, -0.15) is 0 Å². The molecule has 0 saturated heterocycles. The van der Waals surface area contributed by atoms with Crippen LogP contribution in [-0.4, -0.2) is 17.9 Å². The van der Waals surface area contributed by atoms with Crippen molar-refractivity contribution in [2.45, 2.75) is 38.3 Å². The highest BCUT2D eigenvalue weighted by molar-refractivity contribution is 5.06. The summed E-state index contributed by atoms with van der Waals surface area (Å²) in [6.07, 6.45) is 4.71. The Morgan fingerprint density at radius 1 is 1.15 bits per heavy atom. The van der Waals surface area contributed by atoms with Gasteiger partial charge in [-0.25, -0.2) is 4.39 Å². The van der Waals surface area contributed by atoms with Crippen molar-refractivity contribution in [1.29, 1.82) is 0 Å². The molecule has 0 spiro atoms. The summed E-state index contributed by atoms with van der Waals surface area (Å²) in [5.74, 6) is 1.76. The normalized spacial score (nSPS) is 58.6. The Balaban J connectivity index is 1.95. The maximum absolute atomic E-state index is 14.0. The molecular formula is C11H17FO. The third kappa shape index (κ3) is 0.955. The van der Waals surface area contributed by atoms with E-state index in [0.29, 0.717) is 5.92 Å².